The fourth-order valence-corrected chi connectivity index (χ4v) is 3.91. The summed E-state index contributed by atoms with van der Waals surface area (Å²) >= 11 is 0. The second kappa shape index (κ2) is 12.0. The smallest absolute Gasteiger partial charge is 0.184 e. The Morgan fingerprint density at radius 3 is 1.39 bits per heavy atom. The van der Waals surface area contributed by atoms with Crippen LogP contribution in [0.1, 0.15) is 16.7 Å². The minimum absolute atomic E-state index is 0.284. The molecule has 1 fully saturated rings. The minimum Gasteiger partial charge on any atom is -0.394 e. The summed E-state index contributed by atoms with van der Waals surface area (Å²) in [6.45, 7) is 0.601. The van der Waals surface area contributed by atoms with E-state index in [1.165, 1.54) is 0 Å². The minimum atomic E-state index is -1.26. The number of ether oxygens (including phenoxy) is 4. The number of benzene rings is 3. The van der Waals surface area contributed by atoms with Gasteiger partial charge in [0.05, 0.1) is 26.4 Å². The Morgan fingerprint density at radius 1 is 0.576 bits per heavy atom. The molecule has 33 heavy (non-hydrogen) atoms. The van der Waals surface area contributed by atoms with Gasteiger partial charge in [0.1, 0.15) is 24.4 Å². The molecule has 1 heterocycles. The van der Waals surface area contributed by atoms with Crippen molar-refractivity contribution in [2.45, 2.75) is 50.5 Å². The van der Waals surface area contributed by atoms with E-state index in [1.807, 2.05) is 91.0 Å². The van der Waals surface area contributed by atoms with E-state index in [0.717, 1.165) is 16.7 Å². The summed E-state index contributed by atoms with van der Waals surface area (Å²) < 4.78 is 24.3. The van der Waals surface area contributed by atoms with Gasteiger partial charge in [-0.15, -0.1) is 0 Å². The molecule has 0 bridgehead atoms. The first-order valence-electron chi connectivity index (χ1n) is 11.2. The monoisotopic (exact) mass is 450 g/mol. The molecule has 6 heteroatoms. The first kappa shape index (κ1) is 23.6. The van der Waals surface area contributed by atoms with Crippen LogP contribution in [-0.4, -0.2) is 47.5 Å². The molecular weight excluding hydrogens is 420 g/mol. The summed E-state index contributed by atoms with van der Waals surface area (Å²) in [6.07, 6.45) is -4.09. The number of aliphatic hydroxyl groups excluding tert-OH is 2. The molecule has 0 radical (unpaired) electrons. The first-order valence-corrected chi connectivity index (χ1v) is 11.2. The van der Waals surface area contributed by atoms with E-state index < -0.39 is 30.7 Å². The van der Waals surface area contributed by atoms with Crippen LogP contribution >= 0.6 is 0 Å². The van der Waals surface area contributed by atoms with Crippen LogP contribution in [0.15, 0.2) is 91.0 Å². The Hall–Kier alpha value is -2.58. The highest BCUT2D eigenvalue weighted by atomic mass is 16.7. The van der Waals surface area contributed by atoms with Crippen LogP contribution in [0, 0.1) is 0 Å². The van der Waals surface area contributed by atoms with Gasteiger partial charge in [-0.2, -0.15) is 0 Å². The molecule has 5 atom stereocenters. The van der Waals surface area contributed by atoms with Gasteiger partial charge >= 0.3 is 0 Å². The maximum atomic E-state index is 10.7. The highest BCUT2D eigenvalue weighted by Gasteiger charge is 2.47. The molecule has 0 aliphatic carbocycles. The second-order valence-corrected chi connectivity index (χ2v) is 8.03. The van der Waals surface area contributed by atoms with Gasteiger partial charge < -0.3 is 29.2 Å². The zero-order valence-electron chi connectivity index (χ0n) is 18.4. The fraction of sp³-hybridized carbons (Fsp3) is 0.333. The van der Waals surface area contributed by atoms with Crippen molar-refractivity contribution in [2.24, 2.45) is 0 Å². The lowest BCUT2D eigenvalue weighted by molar-refractivity contribution is -0.315. The van der Waals surface area contributed by atoms with E-state index >= 15 is 0 Å². The fourth-order valence-electron chi connectivity index (χ4n) is 3.91. The summed E-state index contributed by atoms with van der Waals surface area (Å²) in [4.78, 5) is 0. The molecule has 1 aliphatic rings. The Morgan fingerprint density at radius 2 is 0.970 bits per heavy atom. The Balaban J connectivity index is 1.53. The molecule has 6 nitrogen and oxygen atoms in total. The van der Waals surface area contributed by atoms with Crippen molar-refractivity contribution in [3.63, 3.8) is 0 Å². The third-order valence-electron chi connectivity index (χ3n) is 5.65. The SMILES string of the molecule is OC[C@@H]1O[C@H](O)[C@@H](OCc2ccccc2)[C@H](OCc2ccccc2)[C@H]1OCc1ccccc1. The van der Waals surface area contributed by atoms with Crippen molar-refractivity contribution < 1.29 is 29.2 Å². The van der Waals surface area contributed by atoms with Crippen molar-refractivity contribution in [1.82, 2.24) is 0 Å². The largest absolute Gasteiger partial charge is 0.394 e. The van der Waals surface area contributed by atoms with Gasteiger partial charge in [0.15, 0.2) is 6.29 Å². The van der Waals surface area contributed by atoms with E-state index in [1.54, 1.807) is 0 Å². The number of hydrogen-bond donors (Lipinski definition) is 2. The number of rotatable bonds is 10. The van der Waals surface area contributed by atoms with E-state index in [-0.39, 0.29) is 13.2 Å². The molecule has 0 aromatic heterocycles. The third-order valence-corrected chi connectivity index (χ3v) is 5.65. The summed E-state index contributed by atoms with van der Waals surface area (Å²) in [5.74, 6) is 0. The summed E-state index contributed by atoms with van der Waals surface area (Å²) in [6, 6.07) is 29.3. The predicted octanol–water partition coefficient (Wildman–Crippen LogP) is 3.45. The maximum Gasteiger partial charge on any atom is 0.184 e. The average Bonchev–Trinajstić information content (AvgIpc) is 2.87. The number of hydrogen-bond acceptors (Lipinski definition) is 6. The van der Waals surface area contributed by atoms with Gasteiger partial charge in [0.25, 0.3) is 0 Å². The highest BCUT2D eigenvalue weighted by Crippen LogP contribution is 2.29. The Kier molecular flexibility index (Phi) is 8.60. The number of aliphatic hydroxyl groups is 2. The zero-order valence-corrected chi connectivity index (χ0v) is 18.4. The van der Waals surface area contributed by atoms with E-state index in [9.17, 15) is 10.2 Å². The lowest BCUT2D eigenvalue weighted by atomic mass is 9.98. The average molecular weight is 451 g/mol. The van der Waals surface area contributed by atoms with Crippen LogP contribution in [0.3, 0.4) is 0 Å². The lowest BCUT2D eigenvalue weighted by Gasteiger charge is -2.44. The van der Waals surface area contributed by atoms with Crippen LogP contribution in [0.5, 0.6) is 0 Å². The molecule has 3 aromatic carbocycles. The molecule has 0 saturated carbocycles. The van der Waals surface area contributed by atoms with Gasteiger partial charge in [0, 0.05) is 0 Å². The molecule has 0 unspecified atom stereocenters. The van der Waals surface area contributed by atoms with Crippen molar-refractivity contribution in [2.75, 3.05) is 6.61 Å². The van der Waals surface area contributed by atoms with Gasteiger partial charge in [-0.05, 0) is 16.7 Å². The molecule has 174 valence electrons. The van der Waals surface area contributed by atoms with Crippen LogP contribution in [0.2, 0.25) is 0 Å². The van der Waals surface area contributed by atoms with E-state index in [2.05, 4.69) is 0 Å². The zero-order chi connectivity index (χ0) is 22.9. The molecule has 0 spiro atoms. The van der Waals surface area contributed by atoms with Crippen molar-refractivity contribution in [3.8, 4) is 0 Å². The third kappa shape index (κ3) is 6.48. The summed E-state index contributed by atoms with van der Waals surface area (Å²) in [7, 11) is 0. The second-order valence-electron chi connectivity index (χ2n) is 8.03. The van der Waals surface area contributed by atoms with Crippen LogP contribution in [0.4, 0.5) is 0 Å². The van der Waals surface area contributed by atoms with Crippen LogP contribution < -0.4 is 0 Å². The van der Waals surface area contributed by atoms with Gasteiger partial charge in [-0.1, -0.05) is 91.0 Å². The van der Waals surface area contributed by atoms with Crippen LogP contribution in [0.25, 0.3) is 0 Å². The van der Waals surface area contributed by atoms with Crippen molar-refractivity contribution in [1.29, 1.82) is 0 Å². The van der Waals surface area contributed by atoms with Gasteiger partial charge in [0.2, 0.25) is 0 Å². The molecule has 1 saturated heterocycles. The topological polar surface area (TPSA) is 77.4 Å². The molecule has 4 rings (SSSR count). The standard InChI is InChI=1S/C27H30O6/c28-16-23-24(30-17-20-10-4-1-5-11-20)25(31-18-21-12-6-2-7-13-21)26(27(29)33-23)32-19-22-14-8-3-9-15-22/h1-15,23-29H,16-19H2/t23-,24-,25+,26-,27-/m0/s1. The summed E-state index contributed by atoms with van der Waals surface area (Å²) in [5.41, 5.74) is 2.95. The molecule has 1 aliphatic heterocycles. The Labute approximate surface area is 194 Å². The molecular formula is C27H30O6. The first-order chi connectivity index (χ1) is 16.2. The normalized spacial score (nSPS) is 25.1. The van der Waals surface area contributed by atoms with Gasteiger partial charge in [-0.3, -0.25) is 0 Å². The highest BCUT2D eigenvalue weighted by molar-refractivity contribution is 5.15. The quantitative estimate of drug-likeness (QED) is 0.493. The van der Waals surface area contributed by atoms with Crippen molar-refractivity contribution in [3.05, 3.63) is 108 Å². The summed E-state index contributed by atoms with van der Waals surface area (Å²) in [5, 5.41) is 20.7. The van der Waals surface area contributed by atoms with E-state index in [4.69, 9.17) is 18.9 Å². The Bertz CT molecular complexity index is 937. The maximum absolute atomic E-state index is 10.7. The molecule has 2 N–H and O–H groups in total. The van der Waals surface area contributed by atoms with Crippen LogP contribution in [-0.2, 0) is 38.8 Å². The van der Waals surface area contributed by atoms with Gasteiger partial charge in [-0.25, -0.2) is 0 Å². The van der Waals surface area contributed by atoms with E-state index in [0.29, 0.717) is 13.2 Å². The predicted molar refractivity (Wildman–Crippen MR) is 123 cm³/mol. The molecule has 0 amide bonds. The lowest BCUT2D eigenvalue weighted by Crippen LogP contribution is -2.61. The van der Waals surface area contributed by atoms with Crippen molar-refractivity contribution >= 4 is 0 Å². The molecule has 3 aromatic rings.